The van der Waals surface area contributed by atoms with E-state index >= 15 is 0 Å². The monoisotopic (exact) mass is 273 g/mol. The summed E-state index contributed by atoms with van der Waals surface area (Å²) in [4.78, 5) is 14.5. The molecule has 2 aliphatic rings. The van der Waals surface area contributed by atoms with Crippen molar-refractivity contribution in [2.24, 2.45) is 0 Å². The highest BCUT2D eigenvalue weighted by Gasteiger charge is 2.38. The summed E-state index contributed by atoms with van der Waals surface area (Å²) in [5.74, 6) is -0.212. The second-order valence-electron chi connectivity index (χ2n) is 6.61. The lowest BCUT2D eigenvalue weighted by Gasteiger charge is -2.40. The zero-order valence-electron chi connectivity index (χ0n) is 12.6. The molecule has 0 N–H and O–H groups in total. The highest BCUT2D eigenvalue weighted by Crippen LogP contribution is 2.39. The third kappa shape index (κ3) is 2.47. The molecule has 20 heavy (non-hydrogen) atoms. The van der Waals surface area contributed by atoms with Crippen molar-refractivity contribution in [3.63, 3.8) is 0 Å². The fraction of sp³-hybridized carbons (Fsp3) is 0.588. The molecule has 0 unspecified atom stereocenters. The van der Waals surface area contributed by atoms with Crippen molar-refractivity contribution in [3.05, 3.63) is 34.9 Å². The number of hydrogen-bond donors (Lipinski definition) is 0. The van der Waals surface area contributed by atoms with Crippen molar-refractivity contribution in [1.29, 1.82) is 0 Å². The number of carbonyl (C=O) groups is 1. The second kappa shape index (κ2) is 4.88. The molecule has 0 bridgehead atoms. The number of esters is 1. The molecule has 1 saturated carbocycles. The lowest BCUT2D eigenvalue weighted by molar-refractivity contribution is 0.0526. The molecule has 1 aliphatic carbocycles. The average Bonchev–Trinajstić information content (AvgIpc) is 3.22. The van der Waals surface area contributed by atoms with Crippen molar-refractivity contribution in [2.75, 3.05) is 13.2 Å². The fourth-order valence-corrected chi connectivity index (χ4v) is 3.25. The Labute approximate surface area is 120 Å². The van der Waals surface area contributed by atoms with Gasteiger partial charge in [-0.15, -0.1) is 0 Å². The number of benzene rings is 1. The van der Waals surface area contributed by atoms with Gasteiger partial charge in [-0.1, -0.05) is 19.9 Å². The molecule has 0 spiro atoms. The van der Waals surface area contributed by atoms with Gasteiger partial charge in [0.15, 0.2) is 0 Å². The van der Waals surface area contributed by atoms with E-state index in [1.807, 2.05) is 19.1 Å². The van der Waals surface area contributed by atoms with Crippen LogP contribution in [0.3, 0.4) is 0 Å². The Kier molecular flexibility index (Phi) is 3.33. The molecule has 3 heteroatoms. The first-order chi connectivity index (χ1) is 9.51. The van der Waals surface area contributed by atoms with Gasteiger partial charge in [0, 0.05) is 24.5 Å². The molecule has 0 saturated heterocycles. The van der Waals surface area contributed by atoms with Gasteiger partial charge in [-0.3, -0.25) is 4.90 Å². The third-order valence-electron chi connectivity index (χ3n) is 4.39. The maximum absolute atomic E-state index is 11.9. The van der Waals surface area contributed by atoms with Crippen LogP contribution in [-0.2, 0) is 16.7 Å². The van der Waals surface area contributed by atoms with E-state index in [9.17, 15) is 4.79 Å². The standard InChI is InChI=1S/C17H23NO2/c1-4-20-16(19)12-5-6-13-10-18(14-7-8-14)11-17(2,3)15(13)9-12/h5-6,9,14H,4,7-8,10-11H2,1-3H3. The van der Waals surface area contributed by atoms with E-state index in [1.165, 1.54) is 24.0 Å². The number of nitrogens with zero attached hydrogens (tertiary/aromatic N) is 1. The first kappa shape index (κ1) is 13.6. The number of fused-ring (bicyclic) bond motifs is 1. The van der Waals surface area contributed by atoms with Crippen LogP contribution in [0.4, 0.5) is 0 Å². The van der Waals surface area contributed by atoms with Gasteiger partial charge in [-0.05, 0) is 43.0 Å². The summed E-state index contributed by atoms with van der Waals surface area (Å²) in [6, 6.07) is 6.84. The van der Waals surface area contributed by atoms with Gasteiger partial charge in [0.2, 0.25) is 0 Å². The summed E-state index contributed by atoms with van der Waals surface area (Å²) in [6.07, 6.45) is 2.68. The highest BCUT2D eigenvalue weighted by molar-refractivity contribution is 5.89. The molecule has 0 radical (unpaired) electrons. The summed E-state index contributed by atoms with van der Waals surface area (Å²) in [5.41, 5.74) is 3.44. The lowest BCUT2D eigenvalue weighted by Crippen LogP contribution is -2.43. The van der Waals surface area contributed by atoms with Gasteiger partial charge < -0.3 is 4.74 Å². The molecule has 1 aromatic rings. The zero-order chi connectivity index (χ0) is 14.3. The van der Waals surface area contributed by atoms with Crippen LogP contribution in [-0.4, -0.2) is 30.1 Å². The summed E-state index contributed by atoms with van der Waals surface area (Å²) in [7, 11) is 0. The van der Waals surface area contributed by atoms with E-state index in [0.29, 0.717) is 12.2 Å². The van der Waals surface area contributed by atoms with E-state index < -0.39 is 0 Å². The summed E-state index contributed by atoms with van der Waals surface area (Å²) in [5, 5.41) is 0. The molecule has 1 heterocycles. The van der Waals surface area contributed by atoms with Crippen LogP contribution in [0.15, 0.2) is 18.2 Å². The predicted octanol–water partition coefficient (Wildman–Crippen LogP) is 3.12. The zero-order valence-corrected chi connectivity index (χ0v) is 12.6. The Morgan fingerprint density at radius 1 is 1.40 bits per heavy atom. The largest absolute Gasteiger partial charge is 0.462 e. The van der Waals surface area contributed by atoms with Crippen LogP contribution in [0.25, 0.3) is 0 Å². The Hall–Kier alpha value is -1.35. The summed E-state index contributed by atoms with van der Waals surface area (Å²) in [6.45, 7) is 8.91. The molecule has 0 aromatic heterocycles. The number of carbonyl (C=O) groups excluding carboxylic acids is 1. The summed E-state index contributed by atoms with van der Waals surface area (Å²) >= 11 is 0. The first-order valence-electron chi connectivity index (χ1n) is 7.56. The topological polar surface area (TPSA) is 29.5 Å². The van der Waals surface area contributed by atoms with Crippen molar-refractivity contribution >= 4 is 5.97 Å². The molecule has 1 aromatic carbocycles. The number of hydrogen-bond acceptors (Lipinski definition) is 3. The van der Waals surface area contributed by atoms with E-state index in [2.05, 4.69) is 24.8 Å². The molecule has 3 rings (SSSR count). The molecule has 108 valence electrons. The predicted molar refractivity (Wildman–Crippen MR) is 78.9 cm³/mol. The Morgan fingerprint density at radius 3 is 2.80 bits per heavy atom. The lowest BCUT2D eigenvalue weighted by atomic mass is 9.77. The van der Waals surface area contributed by atoms with Crippen LogP contribution in [0.2, 0.25) is 0 Å². The van der Waals surface area contributed by atoms with Crippen LogP contribution in [0.1, 0.15) is 55.1 Å². The number of rotatable bonds is 3. The van der Waals surface area contributed by atoms with E-state index in [-0.39, 0.29) is 11.4 Å². The molecular weight excluding hydrogens is 250 g/mol. The second-order valence-corrected chi connectivity index (χ2v) is 6.61. The normalized spacial score (nSPS) is 21.4. The smallest absolute Gasteiger partial charge is 0.338 e. The van der Waals surface area contributed by atoms with Gasteiger partial charge in [-0.25, -0.2) is 4.79 Å². The molecule has 1 aliphatic heterocycles. The summed E-state index contributed by atoms with van der Waals surface area (Å²) < 4.78 is 5.11. The van der Waals surface area contributed by atoms with Gasteiger partial charge in [-0.2, -0.15) is 0 Å². The van der Waals surface area contributed by atoms with E-state index in [1.54, 1.807) is 0 Å². The maximum atomic E-state index is 11.9. The minimum Gasteiger partial charge on any atom is -0.462 e. The minimum atomic E-state index is -0.212. The first-order valence-corrected chi connectivity index (χ1v) is 7.56. The number of ether oxygens (including phenoxy) is 1. The fourth-order valence-electron chi connectivity index (χ4n) is 3.25. The van der Waals surface area contributed by atoms with Crippen molar-refractivity contribution in [3.8, 4) is 0 Å². The quantitative estimate of drug-likeness (QED) is 0.792. The highest BCUT2D eigenvalue weighted by atomic mass is 16.5. The SMILES string of the molecule is CCOC(=O)c1ccc2c(c1)C(C)(C)CN(C1CC1)C2. The Balaban J connectivity index is 1.92. The molecule has 3 nitrogen and oxygen atoms in total. The average molecular weight is 273 g/mol. The third-order valence-corrected chi connectivity index (χ3v) is 4.39. The molecule has 1 fully saturated rings. The van der Waals surface area contributed by atoms with Gasteiger partial charge in [0.1, 0.15) is 0 Å². The maximum Gasteiger partial charge on any atom is 0.338 e. The van der Waals surface area contributed by atoms with Crippen LogP contribution < -0.4 is 0 Å². The Bertz CT molecular complexity index is 532. The molecular formula is C17H23NO2. The van der Waals surface area contributed by atoms with E-state index in [0.717, 1.165) is 19.1 Å². The molecule has 0 amide bonds. The minimum absolute atomic E-state index is 0.0959. The van der Waals surface area contributed by atoms with Crippen LogP contribution in [0, 0.1) is 0 Å². The van der Waals surface area contributed by atoms with Crippen molar-refractivity contribution in [2.45, 2.75) is 51.6 Å². The van der Waals surface area contributed by atoms with Crippen molar-refractivity contribution in [1.82, 2.24) is 4.90 Å². The molecule has 0 atom stereocenters. The Morgan fingerprint density at radius 2 is 2.15 bits per heavy atom. The van der Waals surface area contributed by atoms with Crippen molar-refractivity contribution < 1.29 is 9.53 Å². The van der Waals surface area contributed by atoms with Gasteiger partial charge in [0.05, 0.1) is 12.2 Å². The van der Waals surface area contributed by atoms with E-state index in [4.69, 9.17) is 4.74 Å². The van der Waals surface area contributed by atoms with Gasteiger partial charge in [0.25, 0.3) is 0 Å². The van der Waals surface area contributed by atoms with Crippen LogP contribution in [0.5, 0.6) is 0 Å². The van der Waals surface area contributed by atoms with Crippen LogP contribution >= 0.6 is 0 Å². The van der Waals surface area contributed by atoms with Gasteiger partial charge >= 0.3 is 5.97 Å².